The van der Waals surface area contributed by atoms with Crippen LogP contribution in [0.1, 0.15) is 73.1 Å². The molecule has 0 aliphatic carbocycles. The van der Waals surface area contributed by atoms with Crippen molar-refractivity contribution in [2.75, 3.05) is 6.54 Å². The van der Waals surface area contributed by atoms with E-state index in [1.807, 2.05) is 0 Å². The molecule has 0 bridgehead atoms. The maximum absolute atomic E-state index is 3.54. The van der Waals surface area contributed by atoms with Gasteiger partial charge < -0.3 is 5.32 Å². The molecule has 0 aliphatic heterocycles. The molecule has 0 aromatic rings. The zero-order valence-corrected chi connectivity index (χ0v) is 11.5. The zero-order chi connectivity index (χ0) is 11.7. The monoisotopic (exact) mass is 213 g/mol. The van der Waals surface area contributed by atoms with Gasteiger partial charge in [0, 0.05) is 5.54 Å². The van der Waals surface area contributed by atoms with E-state index in [1.165, 1.54) is 45.1 Å². The molecule has 0 radical (unpaired) electrons. The molecule has 15 heavy (non-hydrogen) atoms. The second kappa shape index (κ2) is 8.15. The van der Waals surface area contributed by atoms with E-state index in [9.17, 15) is 0 Å². The molecule has 0 saturated carbocycles. The first-order valence-electron chi connectivity index (χ1n) is 6.70. The molecule has 1 N–H and O–H groups in total. The number of rotatable bonds is 8. The summed E-state index contributed by atoms with van der Waals surface area (Å²) in [7, 11) is 0. The van der Waals surface area contributed by atoms with Gasteiger partial charge in [-0.25, -0.2) is 0 Å². The molecule has 0 spiro atoms. The van der Waals surface area contributed by atoms with Crippen LogP contribution in [-0.2, 0) is 0 Å². The van der Waals surface area contributed by atoms with E-state index >= 15 is 0 Å². The van der Waals surface area contributed by atoms with Gasteiger partial charge in [0.1, 0.15) is 0 Å². The molecule has 0 rings (SSSR count). The lowest BCUT2D eigenvalue weighted by Crippen LogP contribution is -2.36. The number of hydrogen-bond acceptors (Lipinski definition) is 1. The third-order valence-corrected chi connectivity index (χ3v) is 2.83. The smallest absolute Gasteiger partial charge is 0.00965 e. The van der Waals surface area contributed by atoms with Crippen LogP contribution in [0.4, 0.5) is 0 Å². The Kier molecular flexibility index (Phi) is 8.13. The van der Waals surface area contributed by atoms with Crippen LogP contribution in [0.15, 0.2) is 0 Å². The van der Waals surface area contributed by atoms with Gasteiger partial charge in [0.05, 0.1) is 0 Å². The summed E-state index contributed by atoms with van der Waals surface area (Å²) in [5, 5.41) is 3.54. The van der Waals surface area contributed by atoms with Crippen LogP contribution in [0.25, 0.3) is 0 Å². The molecule has 0 aliphatic rings. The molecule has 92 valence electrons. The van der Waals surface area contributed by atoms with Crippen molar-refractivity contribution in [3.8, 4) is 0 Å². The highest BCUT2D eigenvalue weighted by Gasteiger charge is 2.07. The van der Waals surface area contributed by atoms with Crippen LogP contribution >= 0.6 is 0 Å². The second-order valence-corrected chi connectivity index (χ2v) is 5.92. The average molecular weight is 213 g/mol. The molecule has 0 heterocycles. The SMILES string of the molecule is CCCCC(C)CCCCNC(C)(C)C. The molecule has 0 fully saturated rings. The summed E-state index contributed by atoms with van der Waals surface area (Å²) in [5.41, 5.74) is 0.286. The van der Waals surface area contributed by atoms with Crippen LogP contribution in [0.3, 0.4) is 0 Å². The summed E-state index contributed by atoms with van der Waals surface area (Å²) in [6.45, 7) is 12.5. The van der Waals surface area contributed by atoms with Gasteiger partial charge in [0.25, 0.3) is 0 Å². The van der Waals surface area contributed by atoms with Gasteiger partial charge >= 0.3 is 0 Å². The van der Waals surface area contributed by atoms with Gasteiger partial charge in [-0.3, -0.25) is 0 Å². The van der Waals surface area contributed by atoms with E-state index in [1.54, 1.807) is 0 Å². The van der Waals surface area contributed by atoms with Crippen molar-refractivity contribution in [1.29, 1.82) is 0 Å². The molecule has 1 atom stereocenters. The maximum atomic E-state index is 3.54. The molecular weight excluding hydrogens is 182 g/mol. The van der Waals surface area contributed by atoms with Crippen LogP contribution in [0, 0.1) is 5.92 Å². The average Bonchev–Trinajstić information content (AvgIpc) is 2.12. The summed E-state index contributed by atoms with van der Waals surface area (Å²) in [6, 6.07) is 0. The highest BCUT2D eigenvalue weighted by molar-refractivity contribution is 4.69. The van der Waals surface area contributed by atoms with Crippen molar-refractivity contribution in [3.05, 3.63) is 0 Å². The number of hydrogen-bond donors (Lipinski definition) is 1. The minimum absolute atomic E-state index is 0.286. The molecular formula is C14H31N. The minimum Gasteiger partial charge on any atom is -0.312 e. The number of nitrogens with one attached hydrogen (secondary N) is 1. The Labute approximate surface area is 97.0 Å². The van der Waals surface area contributed by atoms with Gasteiger partial charge in [-0.1, -0.05) is 46.0 Å². The molecule has 0 saturated heterocycles. The van der Waals surface area contributed by atoms with E-state index in [2.05, 4.69) is 39.9 Å². The summed E-state index contributed by atoms with van der Waals surface area (Å²) in [4.78, 5) is 0. The topological polar surface area (TPSA) is 12.0 Å². The Morgan fingerprint density at radius 1 is 1.00 bits per heavy atom. The molecule has 1 heteroatoms. The Morgan fingerprint density at radius 3 is 2.13 bits per heavy atom. The molecule has 1 unspecified atom stereocenters. The Morgan fingerprint density at radius 2 is 1.60 bits per heavy atom. The minimum atomic E-state index is 0.286. The summed E-state index contributed by atoms with van der Waals surface area (Å²) >= 11 is 0. The van der Waals surface area contributed by atoms with E-state index < -0.39 is 0 Å². The van der Waals surface area contributed by atoms with E-state index in [4.69, 9.17) is 0 Å². The second-order valence-electron chi connectivity index (χ2n) is 5.92. The Hall–Kier alpha value is -0.0400. The van der Waals surface area contributed by atoms with E-state index in [0.717, 1.165) is 5.92 Å². The molecule has 0 aromatic heterocycles. The molecule has 0 aromatic carbocycles. The van der Waals surface area contributed by atoms with Crippen molar-refractivity contribution < 1.29 is 0 Å². The van der Waals surface area contributed by atoms with Gasteiger partial charge in [-0.15, -0.1) is 0 Å². The summed E-state index contributed by atoms with van der Waals surface area (Å²) in [5.74, 6) is 0.930. The summed E-state index contributed by atoms with van der Waals surface area (Å²) in [6.07, 6.45) is 8.29. The third-order valence-electron chi connectivity index (χ3n) is 2.83. The molecule has 0 amide bonds. The molecule has 1 nitrogen and oxygen atoms in total. The first-order valence-corrected chi connectivity index (χ1v) is 6.70. The summed E-state index contributed by atoms with van der Waals surface area (Å²) < 4.78 is 0. The van der Waals surface area contributed by atoms with E-state index in [0.29, 0.717) is 0 Å². The van der Waals surface area contributed by atoms with Crippen molar-refractivity contribution >= 4 is 0 Å². The van der Waals surface area contributed by atoms with Crippen LogP contribution in [-0.4, -0.2) is 12.1 Å². The number of unbranched alkanes of at least 4 members (excludes halogenated alkanes) is 2. The van der Waals surface area contributed by atoms with E-state index in [-0.39, 0.29) is 5.54 Å². The quantitative estimate of drug-likeness (QED) is 0.590. The highest BCUT2D eigenvalue weighted by atomic mass is 14.9. The van der Waals surface area contributed by atoms with Gasteiger partial charge in [0.2, 0.25) is 0 Å². The standard InChI is InChI=1S/C14H31N/c1-6-7-10-13(2)11-8-9-12-15-14(3,4)5/h13,15H,6-12H2,1-5H3. The van der Waals surface area contributed by atoms with Crippen molar-refractivity contribution in [1.82, 2.24) is 5.32 Å². The zero-order valence-electron chi connectivity index (χ0n) is 11.5. The van der Waals surface area contributed by atoms with Crippen molar-refractivity contribution in [2.24, 2.45) is 5.92 Å². The van der Waals surface area contributed by atoms with Crippen molar-refractivity contribution in [3.63, 3.8) is 0 Å². The van der Waals surface area contributed by atoms with Gasteiger partial charge in [-0.05, 0) is 39.7 Å². The highest BCUT2D eigenvalue weighted by Crippen LogP contribution is 2.14. The Bertz CT molecular complexity index is 135. The lowest BCUT2D eigenvalue weighted by Gasteiger charge is -2.20. The predicted octanol–water partition coefficient (Wildman–Crippen LogP) is 4.37. The fourth-order valence-corrected chi connectivity index (χ4v) is 1.78. The lowest BCUT2D eigenvalue weighted by atomic mass is 9.98. The van der Waals surface area contributed by atoms with Gasteiger partial charge in [0.15, 0.2) is 0 Å². The van der Waals surface area contributed by atoms with Crippen LogP contribution in [0.5, 0.6) is 0 Å². The van der Waals surface area contributed by atoms with Crippen molar-refractivity contribution in [2.45, 2.75) is 78.7 Å². The van der Waals surface area contributed by atoms with Crippen LogP contribution in [0.2, 0.25) is 0 Å². The third kappa shape index (κ3) is 11.9. The first-order chi connectivity index (χ1) is 6.95. The predicted molar refractivity (Wildman–Crippen MR) is 70.3 cm³/mol. The lowest BCUT2D eigenvalue weighted by molar-refractivity contribution is 0.400. The van der Waals surface area contributed by atoms with Gasteiger partial charge in [-0.2, -0.15) is 0 Å². The normalized spacial score (nSPS) is 14.2. The van der Waals surface area contributed by atoms with Crippen LogP contribution < -0.4 is 5.32 Å². The fourth-order valence-electron chi connectivity index (χ4n) is 1.78. The maximum Gasteiger partial charge on any atom is 0.00965 e. The Balaban J connectivity index is 3.23. The fraction of sp³-hybridized carbons (Fsp3) is 1.00. The largest absolute Gasteiger partial charge is 0.312 e. The first kappa shape index (κ1) is 15.0.